The molecule has 1 aliphatic heterocycles. The fraction of sp³-hybridized carbons (Fsp3) is 0.0952. The van der Waals surface area contributed by atoms with Crippen molar-refractivity contribution in [2.45, 2.75) is 6.61 Å². The van der Waals surface area contributed by atoms with Crippen LogP contribution in [0.4, 0.5) is 0 Å². The zero-order valence-electron chi connectivity index (χ0n) is 14.9. The summed E-state index contributed by atoms with van der Waals surface area (Å²) in [4.78, 5) is 26.0. The fourth-order valence-electron chi connectivity index (χ4n) is 2.56. The molecule has 0 spiro atoms. The largest absolute Gasteiger partial charge is 0.489 e. The smallest absolute Gasteiger partial charge is 0.265 e. The summed E-state index contributed by atoms with van der Waals surface area (Å²) in [5, 5.41) is 3.27. The van der Waals surface area contributed by atoms with Gasteiger partial charge in [0.1, 0.15) is 17.9 Å². The van der Waals surface area contributed by atoms with Crippen LogP contribution in [0.2, 0.25) is 5.02 Å². The van der Waals surface area contributed by atoms with Crippen molar-refractivity contribution in [3.8, 4) is 5.75 Å². The van der Waals surface area contributed by atoms with Gasteiger partial charge >= 0.3 is 0 Å². The molecule has 0 bridgehead atoms. The highest BCUT2D eigenvalue weighted by atomic mass is 35.5. The minimum absolute atomic E-state index is 0.0188. The highest BCUT2D eigenvalue weighted by Crippen LogP contribution is 2.19. The first-order chi connectivity index (χ1) is 13.5. The van der Waals surface area contributed by atoms with Gasteiger partial charge in [0.2, 0.25) is 0 Å². The number of nitrogens with one attached hydrogen (secondary N) is 1. The molecule has 7 heteroatoms. The number of carbonyl (C=O) groups excluding carboxylic acids is 2. The number of ether oxygens (including phenoxy) is 1. The Bertz CT molecular complexity index is 953. The van der Waals surface area contributed by atoms with E-state index in [9.17, 15) is 9.59 Å². The third kappa shape index (κ3) is 4.65. The standard InChI is InChI=1S/C21H17ClN2O3S/c1-2-11-24-20(26)18(19(25)23-21(24)28)12-14-5-9-17(10-6-14)27-13-15-3-7-16(22)8-4-15/h2-10,12H,1,11,13H2,(H,23,25,28). The summed E-state index contributed by atoms with van der Waals surface area (Å²) in [5.74, 6) is -0.291. The molecule has 5 nitrogen and oxygen atoms in total. The molecule has 0 aromatic heterocycles. The monoisotopic (exact) mass is 412 g/mol. The third-order valence-electron chi connectivity index (χ3n) is 4.01. The second-order valence-corrected chi connectivity index (χ2v) is 6.83. The van der Waals surface area contributed by atoms with Crippen molar-refractivity contribution in [1.82, 2.24) is 10.2 Å². The highest BCUT2D eigenvalue weighted by Gasteiger charge is 2.32. The Labute approximate surface area is 173 Å². The maximum atomic E-state index is 12.5. The number of nitrogens with zero attached hydrogens (tertiary/aromatic N) is 1. The van der Waals surface area contributed by atoms with E-state index in [2.05, 4.69) is 11.9 Å². The summed E-state index contributed by atoms with van der Waals surface area (Å²) in [6.45, 7) is 4.24. The Morgan fingerprint density at radius 2 is 1.79 bits per heavy atom. The van der Waals surface area contributed by atoms with Crippen molar-refractivity contribution in [2.24, 2.45) is 0 Å². The van der Waals surface area contributed by atoms with Crippen LogP contribution in [0, 0.1) is 0 Å². The predicted molar refractivity (Wildman–Crippen MR) is 113 cm³/mol. The molecular weight excluding hydrogens is 396 g/mol. The SMILES string of the molecule is C=CCN1C(=O)C(=Cc2ccc(OCc3ccc(Cl)cc3)cc2)C(=O)NC1=S. The van der Waals surface area contributed by atoms with Crippen LogP contribution in [0.1, 0.15) is 11.1 Å². The first-order valence-electron chi connectivity index (χ1n) is 8.45. The van der Waals surface area contributed by atoms with E-state index in [1.165, 1.54) is 11.0 Å². The molecule has 2 amide bonds. The summed E-state index contributed by atoms with van der Waals surface area (Å²) in [7, 11) is 0. The molecule has 0 saturated carbocycles. The lowest BCUT2D eigenvalue weighted by molar-refractivity contribution is -0.128. The summed E-state index contributed by atoms with van der Waals surface area (Å²) < 4.78 is 5.74. The van der Waals surface area contributed by atoms with Crippen molar-refractivity contribution >= 4 is 46.8 Å². The Balaban J connectivity index is 1.70. The Kier molecular flexibility index (Phi) is 6.23. The topological polar surface area (TPSA) is 58.6 Å². The van der Waals surface area contributed by atoms with Crippen LogP contribution < -0.4 is 10.1 Å². The van der Waals surface area contributed by atoms with Gasteiger partial charge in [0.15, 0.2) is 5.11 Å². The zero-order chi connectivity index (χ0) is 20.1. The average Bonchev–Trinajstić information content (AvgIpc) is 2.69. The number of hydrogen-bond acceptors (Lipinski definition) is 4. The molecule has 2 aromatic rings. The summed E-state index contributed by atoms with van der Waals surface area (Å²) in [5.41, 5.74) is 1.72. The van der Waals surface area contributed by atoms with Gasteiger partial charge in [-0.1, -0.05) is 41.9 Å². The van der Waals surface area contributed by atoms with E-state index in [1.54, 1.807) is 30.3 Å². The van der Waals surface area contributed by atoms with E-state index in [0.29, 0.717) is 22.9 Å². The molecule has 28 heavy (non-hydrogen) atoms. The van der Waals surface area contributed by atoms with Gasteiger partial charge in [0.05, 0.1) is 0 Å². The first kappa shape index (κ1) is 19.8. The molecule has 1 N–H and O–H groups in total. The average molecular weight is 413 g/mol. The number of amides is 2. The number of thiocarbonyl (C=S) groups is 1. The maximum absolute atomic E-state index is 12.5. The second kappa shape index (κ2) is 8.82. The van der Waals surface area contributed by atoms with Gasteiger partial charge in [0, 0.05) is 11.6 Å². The normalized spacial score (nSPS) is 15.5. The van der Waals surface area contributed by atoms with Crippen molar-refractivity contribution < 1.29 is 14.3 Å². The molecule has 0 unspecified atom stereocenters. The quantitative estimate of drug-likeness (QED) is 0.340. The lowest BCUT2D eigenvalue weighted by atomic mass is 10.1. The van der Waals surface area contributed by atoms with Gasteiger partial charge in [-0.15, -0.1) is 6.58 Å². The Morgan fingerprint density at radius 1 is 1.11 bits per heavy atom. The van der Waals surface area contributed by atoms with Crippen molar-refractivity contribution in [3.63, 3.8) is 0 Å². The number of hydrogen-bond donors (Lipinski definition) is 1. The minimum Gasteiger partial charge on any atom is -0.489 e. The summed E-state index contributed by atoms with van der Waals surface area (Å²) >= 11 is 10.9. The lowest BCUT2D eigenvalue weighted by Gasteiger charge is -2.27. The highest BCUT2D eigenvalue weighted by molar-refractivity contribution is 7.80. The van der Waals surface area contributed by atoms with Gasteiger partial charge in [-0.25, -0.2) is 0 Å². The van der Waals surface area contributed by atoms with E-state index >= 15 is 0 Å². The number of benzene rings is 2. The molecule has 142 valence electrons. The molecule has 1 heterocycles. The predicted octanol–water partition coefficient (Wildman–Crippen LogP) is 3.73. The fourth-order valence-corrected chi connectivity index (χ4v) is 2.94. The van der Waals surface area contributed by atoms with E-state index < -0.39 is 11.8 Å². The molecular formula is C21H17ClN2O3S. The molecule has 3 rings (SSSR count). The van der Waals surface area contributed by atoms with Crippen molar-refractivity contribution in [2.75, 3.05) is 6.54 Å². The number of halogens is 1. The van der Waals surface area contributed by atoms with Crippen molar-refractivity contribution in [3.05, 3.63) is 82.9 Å². The van der Waals surface area contributed by atoms with E-state index in [1.807, 2.05) is 24.3 Å². The molecule has 0 aliphatic carbocycles. The molecule has 0 radical (unpaired) electrons. The van der Waals surface area contributed by atoms with E-state index in [0.717, 1.165) is 5.56 Å². The van der Waals surface area contributed by atoms with Gasteiger partial charge < -0.3 is 4.74 Å². The van der Waals surface area contributed by atoms with Crippen LogP contribution in [0.5, 0.6) is 5.75 Å². The molecule has 1 aliphatic rings. The van der Waals surface area contributed by atoms with Crippen LogP contribution in [0.15, 0.2) is 66.8 Å². The van der Waals surface area contributed by atoms with Crippen molar-refractivity contribution in [1.29, 1.82) is 0 Å². The van der Waals surface area contributed by atoms with Gasteiger partial charge in [-0.2, -0.15) is 0 Å². The van der Waals surface area contributed by atoms with Crippen LogP contribution in [-0.4, -0.2) is 28.4 Å². The zero-order valence-corrected chi connectivity index (χ0v) is 16.4. The number of rotatable bonds is 6. The van der Waals surface area contributed by atoms with E-state index in [4.69, 9.17) is 28.6 Å². The van der Waals surface area contributed by atoms with Crippen LogP contribution in [0.25, 0.3) is 6.08 Å². The minimum atomic E-state index is -0.515. The third-order valence-corrected chi connectivity index (χ3v) is 4.58. The van der Waals surface area contributed by atoms with Gasteiger partial charge in [-0.3, -0.25) is 19.8 Å². The summed E-state index contributed by atoms with van der Waals surface area (Å²) in [6.07, 6.45) is 3.07. The molecule has 1 fully saturated rings. The first-order valence-corrected chi connectivity index (χ1v) is 9.23. The number of carbonyl (C=O) groups is 2. The van der Waals surface area contributed by atoms with Crippen LogP contribution in [0.3, 0.4) is 0 Å². The summed E-state index contributed by atoms with van der Waals surface area (Å²) in [6, 6.07) is 14.5. The Hall–Kier alpha value is -2.96. The molecule has 1 saturated heterocycles. The molecule has 0 atom stereocenters. The lowest BCUT2D eigenvalue weighted by Crippen LogP contribution is -2.53. The van der Waals surface area contributed by atoms with Crippen LogP contribution >= 0.6 is 23.8 Å². The van der Waals surface area contributed by atoms with Gasteiger partial charge in [0.25, 0.3) is 11.8 Å². The molecule has 2 aromatic carbocycles. The Morgan fingerprint density at radius 3 is 2.43 bits per heavy atom. The van der Waals surface area contributed by atoms with Crippen LogP contribution in [-0.2, 0) is 16.2 Å². The van der Waals surface area contributed by atoms with Gasteiger partial charge in [-0.05, 0) is 53.7 Å². The van der Waals surface area contributed by atoms with E-state index in [-0.39, 0.29) is 17.2 Å². The second-order valence-electron chi connectivity index (χ2n) is 6.01. The maximum Gasteiger partial charge on any atom is 0.265 e.